The lowest BCUT2D eigenvalue weighted by atomic mass is 10.2. The summed E-state index contributed by atoms with van der Waals surface area (Å²) >= 11 is 0. The highest BCUT2D eigenvalue weighted by molar-refractivity contribution is 5.46. The van der Waals surface area contributed by atoms with Gasteiger partial charge in [-0.15, -0.1) is 0 Å². The molecule has 1 rings (SSSR count). The fourth-order valence-corrected chi connectivity index (χ4v) is 1.25. The molecule has 2 N–H and O–H groups in total. The van der Waals surface area contributed by atoms with Gasteiger partial charge in [-0.3, -0.25) is 0 Å². The van der Waals surface area contributed by atoms with Gasteiger partial charge >= 0.3 is 0 Å². The van der Waals surface area contributed by atoms with E-state index in [1.54, 1.807) is 7.11 Å². The van der Waals surface area contributed by atoms with Crippen molar-refractivity contribution in [1.29, 1.82) is 0 Å². The monoisotopic (exact) mass is 197 g/mol. The average Bonchev–Trinajstić information content (AvgIpc) is 2.21. The van der Waals surface area contributed by atoms with E-state index in [2.05, 4.69) is 5.48 Å². The average molecular weight is 197 g/mol. The van der Waals surface area contributed by atoms with Gasteiger partial charge in [-0.1, -0.05) is 12.1 Å². The number of hydroxylamine groups is 1. The zero-order chi connectivity index (χ0) is 10.4. The topological polar surface area (TPSA) is 50.7 Å². The molecule has 0 saturated heterocycles. The van der Waals surface area contributed by atoms with Gasteiger partial charge in [0.25, 0.3) is 0 Å². The highest BCUT2D eigenvalue weighted by atomic mass is 16.5. The molecule has 14 heavy (non-hydrogen) atoms. The molecule has 0 bridgehead atoms. The minimum absolute atomic E-state index is 0.340. The van der Waals surface area contributed by atoms with Crippen LogP contribution in [0.15, 0.2) is 18.2 Å². The van der Waals surface area contributed by atoms with Crippen molar-refractivity contribution in [3.63, 3.8) is 0 Å². The molecule has 0 aliphatic rings. The molecule has 0 unspecified atom stereocenters. The molecule has 78 valence electrons. The van der Waals surface area contributed by atoms with Crippen molar-refractivity contribution in [1.82, 2.24) is 5.48 Å². The van der Waals surface area contributed by atoms with Crippen LogP contribution < -0.4 is 15.0 Å². The van der Waals surface area contributed by atoms with Crippen molar-refractivity contribution in [2.24, 2.45) is 0 Å². The number of methoxy groups -OCH3 is 1. The fourth-order valence-electron chi connectivity index (χ4n) is 1.25. The van der Waals surface area contributed by atoms with Crippen LogP contribution in [0.2, 0.25) is 0 Å². The number of benzene rings is 1. The van der Waals surface area contributed by atoms with Crippen LogP contribution in [0.1, 0.15) is 12.5 Å². The second-order valence-corrected chi connectivity index (χ2v) is 2.72. The Morgan fingerprint density at radius 3 is 2.79 bits per heavy atom. The van der Waals surface area contributed by atoms with Gasteiger partial charge < -0.3 is 14.7 Å². The molecular formula is C10H15NO3. The van der Waals surface area contributed by atoms with Crippen LogP contribution in [-0.2, 0) is 6.54 Å². The lowest BCUT2D eigenvalue weighted by molar-refractivity contribution is 0.159. The molecule has 0 saturated carbocycles. The molecule has 0 aliphatic carbocycles. The summed E-state index contributed by atoms with van der Waals surface area (Å²) in [5.41, 5.74) is 2.97. The minimum atomic E-state index is 0.340. The first-order valence-electron chi connectivity index (χ1n) is 4.49. The molecular weight excluding hydrogens is 182 g/mol. The van der Waals surface area contributed by atoms with Crippen LogP contribution in [0.3, 0.4) is 0 Å². The van der Waals surface area contributed by atoms with E-state index >= 15 is 0 Å². The van der Waals surface area contributed by atoms with E-state index in [1.165, 1.54) is 0 Å². The summed E-state index contributed by atoms with van der Waals surface area (Å²) < 4.78 is 10.6. The third-order valence-corrected chi connectivity index (χ3v) is 1.84. The zero-order valence-corrected chi connectivity index (χ0v) is 8.41. The van der Waals surface area contributed by atoms with Crippen LogP contribution in [0.4, 0.5) is 0 Å². The predicted molar refractivity (Wildman–Crippen MR) is 52.8 cm³/mol. The van der Waals surface area contributed by atoms with Gasteiger partial charge in [0.15, 0.2) is 11.5 Å². The molecule has 0 atom stereocenters. The zero-order valence-electron chi connectivity index (χ0n) is 8.41. The summed E-state index contributed by atoms with van der Waals surface area (Å²) in [5, 5.41) is 8.63. The van der Waals surface area contributed by atoms with Crippen molar-refractivity contribution < 1.29 is 14.7 Å². The Hall–Kier alpha value is -1.26. The van der Waals surface area contributed by atoms with E-state index in [1.807, 2.05) is 25.1 Å². The molecule has 0 fully saturated rings. The van der Waals surface area contributed by atoms with Crippen molar-refractivity contribution in [2.45, 2.75) is 13.5 Å². The maximum Gasteiger partial charge on any atom is 0.165 e. The smallest absolute Gasteiger partial charge is 0.165 e. The maximum absolute atomic E-state index is 8.63. The molecule has 0 aliphatic heterocycles. The quantitative estimate of drug-likeness (QED) is 0.703. The number of rotatable bonds is 5. The Kier molecular flexibility index (Phi) is 4.22. The Labute approximate surface area is 83.4 Å². The van der Waals surface area contributed by atoms with Gasteiger partial charge in [0, 0.05) is 12.1 Å². The van der Waals surface area contributed by atoms with E-state index in [-0.39, 0.29) is 0 Å². The van der Waals surface area contributed by atoms with Gasteiger partial charge in [-0.05, 0) is 13.0 Å². The maximum atomic E-state index is 8.63. The lowest BCUT2D eigenvalue weighted by Gasteiger charge is -2.13. The molecule has 0 amide bonds. The molecule has 1 aromatic carbocycles. The van der Waals surface area contributed by atoms with Crippen molar-refractivity contribution >= 4 is 0 Å². The normalized spacial score (nSPS) is 9.93. The second kappa shape index (κ2) is 5.47. The van der Waals surface area contributed by atoms with E-state index in [0.717, 1.165) is 5.56 Å². The first-order valence-corrected chi connectivity index (χ1v) is 4.49. The second-order valence-electron chi connectivity index (χ2n) is 2.72. The van der Waals surface area contributed by atoms with Gasteiger partial charge in [0.05, 0.1) is 13.7 Å². The molecule has 4 nitrogen and oxygen atoms in total. The third kappa shape index (κ3) is 2.37. The Bertz CT molecular complexity index is 289. The van der Waals surface area contributed by atoms with Crippen molar-refractivity contribution in [3.05, 3.63) is 23.8 Å². The fraction of sp³-hybridized carbons (Fsp3) is 0.400. The molecule has 1 aromatic rings. The first-order chi connectivity index (χ1) is 6.83. The predicted octanol–water partition coefficient (Wildman–Crippen LogP) is 1.57. The number of para-hydroxylation sites is 1. The number of ether oxygens (including phenoxy) is 2. The summed E-state index contributed by atoms with van der Waals surface area (Å²) in [7, 11) is 1.59. The SMILES string of the molecule is CCOc1c(CNO)cccc1OC. The Morgan fingerprint density at radius 2 is 2.21 bits per heavy atom. The Morgan fingerprint density at radius 1 is 1.43 bits per heavy atom. The summed E-state index contributed by atoms with van der Waals surface area (Å²) in [6.07, 6.45) is 0. The first kappa shape index (κ1) is 10.8. The van der Waals surface area contributed by atoms with Crippen molar-refractivity contribution in [3.8, 4) is 11.5 Å². The van der Waals surface area contributed by atoms with Crippen LogP contribution in [-0.4, -0.2) is 18.9 Å². The van der Waals surface area contributed by atoms with Crippen LogP contribution >= 0.6 is 0 Å². The Balaban J connectivity index is 3.00. The standard InChI is InChI=1S/C10H15NO3/c1-3-14-10-8(7-11-12)5-4-6-9(10)13-2/h4-6,11-12H,3,7H2,1-2H3. The van der Waals surface area contributed by atoms with Crippen LogP contribution in [0.5, 0.6) is 11.5 Å². The number of nitrogens with one attached hydrogen (secondary N) is 1. The van der Waals surface area contributed by atoms with Crippen LogP contribution in [0, 0.1) is 0 Å². The highest BCUT2D eigenvalue weighted by Crippen LogP contribution is 2.30. The summed E-state index contributed by atoms with van der Waals surface area (Å²) in [6.45, 7) is 2.81. The van der Waals surface area contributed by atoms with E-state index < -0.39 is 0 Å². The summed E-state index contributed by atoms with van der Waals surface area (Å²) in [4.78, 5) is 0. The van der Waals surface area contributed by atoms with Crippen LogP contribution in [0.25, 0.3) is 0 Å². The third-order valence-electron chi connectivity index (χ3n) is 1.84. The minimum Gasteiger partial charge on any atom is -0.493 e. The molecule has 0 aromatic heterocycles. The van der Waals surface area contributed by atoms with Crippen molar-refractivity contribution in [2.75, 3.05) is 13.7 Å². The number of hydrogen-bond donors (Lipinski definition) is 2. The largest absolute Gasteiger partial charge is 0.493 e. The van der Waals surface area contributed by atoms with Gasteiger partial charge in [0.2, 0.25) is 0 Å². The number of hydrogen-bond acceptors (Lipinski definition) is 4. The van der Waals surface area contributed by atoms with Gasteiger partial charge in [-0.25, -0.2) is 5.48 Å². The van der Waals surface area contributed by atoms with E-state index in [4.69, 9.17) is 14.7 Å². The molecule has 4 heteroatoms. The molecule has 0 radical (unpaired) electrons. The lowest BCUT2D eigenvalue weighted by Crippen LogP contribution is -2.08. The molecule has 0 heterocycles. The van der Waals surface area contributed by atoms with Gasteiger partial charge in [0.1, 0.15) is 0 Å². The van der Waals surface area contributed by atoms with E-state index in [0.29, 0.717) is 24.7 Å². The summed E-state index contributed by atoms with van der Waals surface area (Å²) in [6, 6.07) is 5.55. The summed E-state index contributed by atoms with van der Waals surface area (Å²) in [5.74, 6) is 1.36. The van der Waals surface area contributed by atoms with E-state index in [9.17, 15) is 0 Å². The highest BCUT2D eigenvalue weighted by Gasteiger charge is 2.08. The molecule has 0 spiro atoms. The van der Waals surface area contributed by atoms with Gasteiger partial charge in [-0.2, -0.15) is 0 Å².